The summed E-state index contributed by atoms with van der Waals surface area (Å²) in [4.78, 5) is 35.9. The molecule has 3 aromatic rings. The van der Waals surface area contributed by atoms with E-state index in [9.17, 15) is 14.0 Å². The molecule has 2 aliphatic rings. The number of rotatable bonds is 7. The quantitative estimate of drug-likeness (QED) is 0.384. The van der Waals surface area contributed by atoms with E-state index in [0.717, 1.165) is 62.9 Å². The van der Waals surface area contributed by atoms with Crippen LogP contribution < -0.4 is 0 Å². The molecule has 7 nitrogen and oxygen atoms in total. The van der Waals surface area contributed by atoms with E-state index in [0.29, 0.717) is 29.1 Å². The van der Waals surface area contributed by atoms with Crippen LogP contribution in [0.1, 0.15) is 68.4 Å². The molecule has 2 aromatic heterocycles. The van der Waals surface area contributed by atoms with Gasteiger partial charge < -0.3 is 19.3 Å². The maximum Gasteiger partial charge on any atom is 0.256 e. The molecular weight excluding hydrogens is 517 g/mol. The summed E-state index contributed by atoms with van der Waals surface area (Å²) < 4.78 is 16.5. The number of piperidine rings is 1. The number of hydrogen-bond donors (Lipinski definition) is 0. The first-order valence-corrected chi connectivity index (χ1v) is 15.0. The van der Waals surface area contributed by atoms with Gasteiger partial charge in [-0.25, -0.2) is 4.39 Å². The lowest BCUT2D eigenvalue weighted by Gasteiger charge is -2.34. The largest absolute Gasteiger partial charge is 0.343 e. The predicted molar refractivity (Wildman–Crippen MR) is 161 cm³/mol. The van der Waals surface area contributed by atoms with Gasteiger partial charge in [0.05, 0.1) is 23.0 Å². The summed E-state index contributed by atoms with van der Waals surface area (Å²) in [6.07, 6.45) is 10.1. The summed E-state index contributed by atoms with van der Waals surface area (Å²) in [7, 11) is 1.76. The summed E-state index contributed by atoms with van der Waals surface area (Å²) in [5.41, 5.74) is 4.31. The molecule has 8 heteroatoms. The second-order valence-electron chi connectivity index (χ2n) is 12.6. The third kappa shape index (κ3) is 6.03. The minimum atomic E-state index is -0.424. The van der Waals surface area contributed by atoms with E-state index in [1.807, 2.05) is 35.7 Å². The number of hydrogen-bond acceptors (Lipinski definition) is 4. The van der Waals surface area contributed by atoms with E-state index < -0.39 is 5.82 Å². The fraction of sp³-hybridized carbons (Fsp3) is 0.545. The van der Waals surface area contributed by atoms with Crippen molar-refractivity contribution in [1.29, 1.82) is 0 Å². The summed E-state index contributed by atoms with van der Waals surface area (Å²) in [6, 6.07) is 5.00. The number of aromatic nitrogens is 2. The van der Waals surface area contributed by atoms with Gasteiger partial charge in [0.25, 0.3) is 5.91 Å². The number of benzene rings is 1. The molecule has 0 unspecified atom stereocenters. The lowest BCUT2D eigenvalue weighted by atomic mass is 9.96. The van der Waals surface area contributed by atoms with Crippen molar-refractivity contribution in [2.45, 2.75) is 72.4 Å². The minimum absolute atomic E-state index is 0.00604. The van der Waals surface area contributed by atoms with Crippen LogP contribution in [0, 0.1) is 24.6 Å². The topological polar surface area (TPSA) is 61.7 Å². The molecule has 0 N–H and O–H groups in total. The van der Waals surface area contributed by atoms with Crippen LogP contribution in [0.3, 0.4) is 0 Å². The van der Waals surface area contributed by atoms with Gasteiger partial charge >= 0.3 is 0 Å². The highest BCUT2D eigenvalue weighted by Crippen LogP contribution is 2.34. The molecule has 220 valence electrons. The number of halogens is 1. The third-order valence-electron chi connectivity index (χ3n) is 9.38. The lowest BCUT2D eigenvalue weighted by molar-refractivity contribution is -0.130. The highest BCUT2D eigenvalue weighted by Gasteiger charge is 2.33. The number of aryl methyl sites for hydroxylation is 1. The molecule has 0 aliphatic carbocycles. The second-order valence-corrected chi connectivity index (χ2v) is 12.6. The number of carbonyl (C=O) groups excluding carboxylic acids is 2. The van der Waals surface area contributed by atoms with Gasteiger partial charge in [-0.2, -0.15) is 0 Å². The van der Waals surface area contributed by atoms with Crippen LogP contribution in [-0.2, 0) is 11.2 Å². The van der Waals surface area contributed by atoms with Gasteiger partial charge in [0, 0.05) is 70.0 Å². The van der Waals surface area contributed by atoms with Crippen molar-refractivity contribution in [1.82, 2.24) is 24.3 Å². The lowest BCUT2D eigenvalue weighted by Crippen LogP contribution is -2.41. The number of amides is 2. The number of likely N-dealkylation sites (tertiary alicyclic amines) is 2. The van der Waals surface area contributed by atoms with Crippen LogP contribution in [0.25, 0.3) is 16.6 Å². The zero-order valence-electron chi connectivity index (χ0n) is 25.4. The molecule has 4 heterocycles. The number of carbonyl (C=O) groups is 2. The van der Waals surface area contributed by atoms with E-state index in [1.54, 1.807) is 24.9 Å². The molecule has 0 radical (unpaired) electrons. The first-order valence-electron chi connectivity index (χ1n) is 15.0. The standard InChI is InChI=1S/C33H44FN5O2/c1-21(2)36(6)33(41)29-15-28(34)7-8-30(29)39-20-27(32-22(3)16-35-17-31(32)39)14-26-13-23(4)38(19-26)18-25-9-11-37(12-10-25)24(5)40/h7-8,15-17,20-21,23,25-26H,9-14,18-19H2,1-6H3/t23-,26-/m0/s1. The van der Waals surface area contributed by atoms with Crippen molar-refractivity contribution in [3.63, 3.8) is 0 Å². The molecular formula is C33H44FN5O2. The first-order chi connectivity index (χ1) is 19.5. The van der Waals surface area contributed by atoms with E-state index in [1.165, 1.54) is 23.1 Å². The van der Waals surface area contributed by atoms with Gasteiger partial charge in [0.15, 0.2) is 0 Å². The van der Waals surface area contributed by atoms with Crippen molar-refractivity contribution in [3.8, 4) is 5.69 Å². The molecule has 2 fully saturated rings. The van der Waals surface area contributed by atoms with Gasteiger partial charge in [0.2, 0.25) is 5.91 Å². The Bertz CT molecular complexity index is 1420. The molecule has 5 rings (SSSR count). The Kier molecular flexibility index (Phi) is 8.50. The zero-order valence-corrected chi connectivity index (χ0v) is 25.4. The maximum absolute atomic E-state index is 14.4. The van der Waals surface area contributed by atoms with E-state index in [-0.39, 0.29) is 17.9 Å². The van der Waals surface area contributed by atoms with Crippen LogP contribution in [-0.4, -0.2) is 81.4 Å². The van der Waals surface area contributed by atoms with Crippen LogP contribution in [0.15, 0.2) is 36.8 Å². The van der Waals surface area contributed by atoms with E-state index in [2.05, 4.69) is 29.9 Å². The van der Waals surface area contributed by atoms with Crippen molar-refractivity contribution in [3.05, 3.63) is 59.3 Å². The SMILES string of the molecule is CC(=O)N1CCC(CN2C[C@H](Cc3cn(-c4ccc(F)cc4C(=O)N(C)C(C)C)c4cncc(C)c34)C[C@@H]2C)CC1. The fourth-order valence-corrected chi connectivity index (χ4v) is 6.80. The average molecular weight is 562 g/mol. The highest BCUT2D eigenvalue weighted by molar-refractivity contribution is 5.99. The van der Waals surface area contributed by atoms with Gasteiger partial charge in [-0.15, -0.1) is 0 Å². The van der Waals surface area contributed by atoms with Crippen molar-refractivity contribution in [2.24, 2.45) is 11.8 Å². The maximum atomic E-state index is 14.4. The first kappa shape index (κ1) is 29.2. The Labute approximate surface area is 243 Å². The molecule has 1 aromatic carbocycles. The smallest absolute Gasteiger partial charge is 0.256 e. The Morgan fingerprint density at radius 1 is 1.15 bits per heavy atom. The Morgan fingerprint density at radius 3 is 2.56 bits per heavy atom. The second kappa shape index (κ2) is 11.9. The van der Waals surface area contributed by atoms with Crippen molar-refractivity contribution in [2.75, 3.05) is 33.2 Å². The number of fused-ring (bicyclic) bond motifs is 1. The average Bonchev–Trinajstić information content (AvgIpc) is 3.48. The summed E-state index contributed by atoms with van der Waals surface area (Å²) in [5.74, 6) is 0.725. The molecule has 2 aliphatic heterocycles. The number of nitrogens with zero attached hydrogens (tertiary/aromatic N) is 5. The molecule has 0 saturated carbocycles. The summed E-state index contributed by atoms with van der Waals surface area (Å²) in [5, 5.41) is 1.17. The highest BCUT2D eigenvalue weighted by atomic mass is 19.1. The fourth-order valence-electron chi connectivity index (χ4n) is 6.80. The van der Waals surface area contributed by atoms with Gasteiger partial charge in [-0.3, -0.25) is 14.6 Å². The van der Waals surface area contributed by atoms with Gasteiger partial charge in [-0.1, -0.05) is 0 Å². The van der Waals surface area contributed by atoms with Crippen LogP contribution in [0.4, 0.5) is 4.39 Å². The molecule has 2 amide bonds. The molecule has 2 atom stereocenters. The normalized spacial score (nSPS) is 20.3. The van der Waals surface area contributed by atoms with Crippen molar-refractivity contribution >= 4 is 22.7 Å². The molecule has 0 spiro atoms. The Balaban J connectivity index is 1.40. The Hall–Kier alpha value is -3.26. The Morgan fingerprint density at radius 2 is 1.88 bits per heavy atom. The summed E-state index contributed by atoms with van der Waals surface area (Å²) >= 11 is 0. The van der Waals surface area contributed by atoms with Crippen LogP contribution in [0.2, 0.25) is 0 Å². The van der Waals surface area contributed by atoms with E-state index >= 15 is 0 Å². The van der Waals surface area contributed by atoms with Crippen LogP contribution >= 0.6 is 0 Å². The van der Waals surface area contributed by atoms with Crippen molar-refractivity contribution < 1.29 is 14.0 Å². The van der Waals surface area contributed by atoms with E-state index in [4.69, 9.17) is 0 Å². The summed E-state index contributed by atoms with van der Waals surface area (Å²) in [6.45, 7) is 13.9. The molecule has 0 bridgehead atoms. The zero-order chi connectivity index (χ0) is 29.4. The van der Waals surface area contributed by atoms with Gasteiger partial charge in [0.1, 0.15) is 5.82 Å². The molecule has 2 saturated heterocycles. The third-order valence-corrected chi connectivity index (χ3v) is 9.38. The minimum Gasteiger partial charge on any atom is -0.343 e. The molecule has 41 heavy (non-hydrogen) atoms. The van der Waals surface area contributed by atoms with Crippen LogP contribution in [0.5, 0.6) is 0 Å². The van der Waals surface area contributed by atoms with Gasteiger partial charge in [-0.05, 0) is 94.5 Å². The number of pyridine rings is 1. The monoisotopic (exact) mass is 561 g/mol. The predicted octanol–water partition coefficient (Wildman–Crippen LogP) is 5.46.